The highest BCUT2D eigenvalue weighted by Crippen LogP contribution is 2.42. The molecule has 1 aliphatic heterocycles. The first-order valence-electron chi connectivity index (χ1n) is 9.89. The Bertz CT molecular complexity index is 988. The number of ether oxygens (including phenoxy) is 3. The van der Waals surface area contributed by atoms with Crippen molar-refractivity contribution in [2.75, 3.05) is 31.8 Å². The van der Waals surface area contributed by atoms with Crippen LogP contribution in [-0.2, 0) is 4.74 Å². The van der Waals surface area contributed by atoms with Crippen molar-refractivity contribution in [3.8, 4) is 22.8 Å². The maximum Gasteiger partial charge on any atom is 0.343 e. The summed E-state index contributed by atoms with van der Waals surface area (Å²) in [4.78, 5) is 24.7. The molecule has 1 aromatic carbocycles. The van der Waals surface area contributed by atoms with E-state index in [0.717, 1.165) is 11.5 Å². The molecule has 0 N–H and O–H groups in total. The van der Waals surface area contributed by atoms with E-state index in [-0.39, 0.29) is 17.5 Å². The van der Waals surface area contributed by atoms with Crippen molar-refractivity contribution in [2.45, 2.75) is 26.8 Å². The molecule has 0 bridgehead atoms. The van der Waals surface area contributed by atoms with Gasteiger partial charge in [-0.2, -0.15) is 11.8 Å². The fourth-order valence-electron chi connectivity index (χ4n) is 3.39. The maximum atomic E-state index is 12.6. The molecule has 0 unspecified atom stereocenters. The van der Waals surface area contributed by atoms with Crippen LogP contribution in [-0.4, -0.2) is 42.4 Å². The molecule has 0 saturated carbocycles. The third-order valence-electron chi connectivity index (χ3n) is 5.02. The number of benzene rings is 1. The molecular formula is C22H26ClNO5S. The molecule has 8 heteroatoms. The average Bonchev–Trinajstić information content (AvgIpc) is 2.86. The molecule has 0 spiro atoms. The molecule has 162 valence electrons. The molecule has 1 aliphatic rings. The number of rotatable bonds is 7. The molecular weight excluding hydrogens is 426 g/mol. The van der Waals surface area contributed by atoms with Gasteiger partial charge in [0, 0.05) is 29.6 Å². The van der Waals surface area contributed by atoms with Crippen LogP contribution in [0.25, 0.3) is 11.3 Å². The van der Waals surface area contributed by atoms with Gasteiger partial charge in [0.15, 0.2) is 5.43 Å². The predicted molar refractivity (Wildman–Crippen MR) is 120 cm³/mol. The van der Waals surface area contributed by atoms with Crippen LogP contribution in [0.15, 0.2) is 29.2 Å². The van der Waals surface area contributed by atoms with Crippen molar-refractivity contribution in [2.24, 2.45) is 5.92 Å². The Labute approximate surface area is 185 Å². The van der Waals surface area contributed by atoms with Gasteiger partial charge in [-0.15, -0.1) is 0 Å². The van der Waals surface area contributed by atoms with E-state index in [1.54, 1.807) is 30.1 Å². The van der Waals surface area contributed by atoms with Gasteiger partial charge >= 0.3 is 5.97 Å². The molecule has 2 heterocycles. The highest BCUT2D eigenvalue weighted by atomic mass is 35.5. The molecule has 0 radical (unpaired) electrons. The third kappa shape index (κ3) is 4.62. The number of hydrogen-bond acceptors (Lipinski definition) is 6. The summed E-state index contributed by atoms with van der Waals surface area (Å²) in [6.07, 6.45) is 1.56. The monoisotopic (exact) mass is 451 g/mol. The minimum absolute atomic E-state index is 0.00479. The summed E-state index contributed by atoms with van der Waals surface area (Å²) in [6.45, 7) is 7.16. The number of thioether (sulfide) groups is 1. The Hall–Kier alpha value is -2.12. The average molecular weight is 452 g/mol. The van der Waals surface area contributed by atoms with Crippen LogP contribution >= 0.6 is 23.4 Å². The fourth-order valence-corrected chi connectivity index (χ4v) is 4.10. The molecule has 6 nitrogen and oxygen atoms in total. The number of hydrogen-bond donors (Lipinski definition) is 0. The van der Waals surface area contributed by atoms with E-state index in [1.165, 1.54) is 13.2 Å². The number of carbonyl (C=O) groups is 1. The summed E-state index contributed by atoms with van der Waals surface area (Å²) >= 11 is 8.28. The van der Waals surface area contributed by atoms with Crippen LogP contribution in [0.2, 0.25) is 5.02 Å². The van der Waals surface area contributed by atoms with Crippen molar-refractivity contribution < 1.29 is 19.0 Å². The molecule has 0 amide bonds. The second-order valence-electron chi connectivity index (χ2n) is 7.28. The lowest BCUT2D eigenvalue weighted by atomic mass is 10.0. The quantitative estimate of drug-likeness (QED) is 0.450. The van der Waals surface area contributed by atoms with E-state index in [0.29, 0.717) is 41.0 Å². The zero-order valence-corrected chi connectivity index (χ0v) is 19.1. The first kappa shape index (κ1) is 22.6. The fraction of sp³-hybridized carbons (Fsp3) is 0.455. The molecule has 0 saturated heterocycles. The number of carbonyl (C=O) groups excluding carboxylic acids is 1. The summed E-state index contributed by atoms with van der Waals surface area (Å²) in [7, 11) is 1.26. The van der Waals surface area contributed by atoms with Crippen LogP contribution in [0.4, 0.5) is 0 Å². The number of halogens is 1. The van der Waals surface area contributed by atoms with E-state index in [9.17, 15) is 9.59 Å². The number of fused-ring (bicyclic) bond motifs is 3. The molecule has 2 aromatic rings. The van der Waals surface area contributed by atoms with Crippen molar-refractivity contribution in [1.82, 2.24) is 4.57 Å². The summed E-state index contributed by atoms with van der Waals surface area (Å²) in [5, 5.41) is 0.442. The van der Waals surface area contributed by atoms with Crippen molar-refractivity contribution in [1.29, 1.82) is 0 Å². The highest BCUT2D eigenvalue weighted by molar-refractivity contribution is 7.99. The number of nitrogens with zero attached hydrogens (tertiary/aromatic N) is 1. The van der Waals surface area contributed by atoms with Gasteiger partial charge in [0.1, 0.15) is 23.7 Å². The normalized spacial score (nSPS) is 15.1. The van der Waals surface area contributed by atoms with E-state index >= 15 is 0 Å². The Kier molecular flexibility index (Phi) is 7.36. The molecule has 1 aromatic heterocycles. The van der Waals surface area contributed by atoms with E-state index in [1.807, 2.05) is 4.57 Å². The third-order valence-corrected chi connectivity index (χ3v) is 6.18. The lowest BCUT2D eigenvalue weighted by molar-refractivity contribution is 0.0597. The summed E-state index contributed by atoms with van der Waals surface area (Å²) in [5.74, 6) is 2.59. The van der Waals surface area contributed by atoms with Crippen LogP contribution in [0.5, 0.6) is 11.5 Å². The summed E-state index contributed by atoms with van der Waals surface area (Å²) in [6, 6.07) is 4.90. The van der Waals surface area contributed by atoms with Gasteiger partial charge in [-0.25, -0.2) is 4.79 Å². The summed E-state index contributed by atoms with van der Waals surface area (Å²) in [5.41, 5.74) is 0.923. The Morgan fingerprint density at radius 2 is 2.13 bits per heavy atom. The lowest BCUT2D eigenvalue weighted by Gasteiger charge is -2.24. The van der Waals surface area contributed by atoms with Gasteiger partial charge < -0.3 is 18.8 Å². The van der Waals surface area contributed by atoms with Gasteiger partial charge in [-0.1, -0.05) is 32.4 Å². The second-order valence-corrected chi connectivity index (χ2v) is 9.08. The van der Waals surface area contributed by atoms with E-state index < -0.39 is 11.4 Å². The highest BCUT2D eigenvalue weighted by Gasteiger charge is 2.28. The number of pyridine rings is 1. The standard InChI is InChI=1S/C22H26ClNO5S/c1-5-30-7-6-28-21-10-20-14(8-16(21)23)17-9-19(25)15(22(26)27-4)11-24(17)18(12-29-20)13(2)3/h8-11,13,18H,5-7,12H2,1-4H3/t18-/m0/s1. The van der Waals surface area contributed by atoms with Crippen LogP contribution in [0, 0.1) is 5.92 Å². The smallest absolute Gasteiger partial charge is 0.343 e. The van der Waals surface area contributed by atoms with Crippen molar-refractivity contribution >= 4 is 29.3 Å². The Morgan fingerprint density at radius 3 is 2.80 bits per heavy atom. The Balaban J connectivity index is 2.09. The molecule has 1 atom stereocenters. The van der Waals surface area contributed by atoms with Gasteiger partial charge in [-0.05, 0) is 17.7 Å². The van der Waals surface area contributed by atoms with Crippen LogP contribution < -0.4 is 14.9 Å². The number of aromatic nitrogens is 1. The zero-order chi connectivity index (χ0) is 21.8. The molecule has 3 rings (SSSR count). The topological polar surface area (TPSA) is 66.8 Å². The van der Waals surface area contributed by atoms with E-state index in [4.69, 9.17) is 25.8 Å². The van der Waals surface area contributed by atoms with Gasteiger partial charge in [-0.3, -0.25) is 4.79 Å². The van der Waals surface area contributed by atoms with E-state index in [2.05, 4.69) is 20.8 Å². The molecule has 0 aliphatic carbocycles. The number of esters is 1. The first-order chi connectivity index (χ1) is 14.4. The minimum atomic E-state index is -0.657. The zero-order valence-electron chi connectivity index (χ0n) is 17.6. The first-order valence-corrected chi connectivity index (χ1v) is 11.4. The Morgan fingerprint density at radius 1 is 1.37 bits per heavy atom. The van der Waals surface area contributed by atoms with Gasteiger partial charge in [0.05, 0.1) is 30.5 Å². The van der Waals surface area contributed by atoms with Gasteiger partial charge in [0.2, 0.25) is 0 Å². The second kappa shape index (κ2) is 9.79. The van der Waals surface area contributed by atoms with Crippen molar-refractivity contribution in [3.05, 3.63) is 45.2 Å². The van der Waals surface area contributed by atoms with Crippen LogP contribution in [0.3, 0.4) is 0 Å². The predicted octanol–water partition coefficient (Wildman–Crippen LogP) is 4.68. The largest absolute Gasteiger partial charge is 0.491 e. The maximum absolute atomic E-state index is 12.6. The van der Waals surface area contributed by atoms with Gasteiger partial charge in [0.25, 0.3) is 0 Å². The number of methoxy groups -OCH3 is 1. The summed E-state index contributed by atoms with van der Waals surface area (Å²) < 4.78 is 18.6. The van der Waals surface area contributed by atoms with Crippen molar-refractivity contribution in [3.63, 3.8) is 0 Å². The lowest BCUT2D eigenvalue weighted by Crippen LogP contribution is -2.26. The van der Waals surface area contributed by atoms with Crippen LogP contribution in [0.1, 0.15) is 37.2 Å². The molecule has 30 heavy (non-hydrogen) atoms. The SMILES string of the molecule is CCSCCOc1cc2c(cc1Cl)-c1cc(=O)c(C(=O)OC)cn1[C@H](C(C)C)CO2. The molecule has 0 fully saturated rings. The minimum Gasteiger partial charge on any atom is -0.491 e.